The molecule has 0 heterocycles. The monoisotopic (exact) mass is 337 g/mol. The molecule has 0 bridgehead atoms. The Morgan fingerprint density at radius 2 is 1.04 bits per heavy atom. The second kappa shape index (κ2) is 19.6. The van der Waals surface area contributed by atoms with Gasteiger partial charge in [-0.05, 0) is 32.1 Å². The summed E-state index contributed by atoms with van der Waals surface area (Å²) < 4.78 is 0. The van der Waals surface area contributed by atoms with Crippen molar-refractivity contribution in [3.63, 3.8) is 0 Å². The van der Waals surface area contributed by atoms with E-state index in [-0.39, 0.29) is 6.42 Å². The summed E-state index contributed by atoms with van der Waals surface area (Å²) in [5, 5.41) is 10.3. The van der Waals surface area contributed by atoms with Gasteiger partial charge < -0.3 is 9.90 Å². The quantitative estimate of drug-likeness (QED) is 0.185. The van der Waals surface area contributed by atoms with Gasteiger partial charge in [-0.1, -0.05) is 70.3 Å². The molecule has 2 nitrogen and oxygen atoms in total. The van der Waals surface area contributed by atoms with Crippen molar-refractivity contribution in [1.82, 2.24) is 0 Å². The fourth-order valence-corrected chi connectivity index (χ4v) is 3.13. The zero-order valence-corrected chi connectivity index (χ0v) is 16.1. The predicted octanol–water partition coefficient (Wildman–Crippen LogP) is 5.16. The van der Waals surface area contributed by atoms with Crippen molar-refractivity contribution in [1.29, 1.82) is 0 Å². The molecule has 23 heavy (non-hydrogen) atoms. The van der Waals surface area contributed by atoms with Gasteiger partial charge in [0.1, 0.15) is 0 Å². The van der Waals surface area contributed by atoms with Crippen molar-refractivity contribution in [3.8, 4) is 0 Å². The van der Waals surface area contributed by atoms with Crippen LogP contribution in [0.1, 0.15) is 109 Å². The lowest BCUT2D eigenvalue weighted by Crippen LogP contribution is -2.21. The number of carboxylic acids is 1. The molecule has 0 fully saturated rings. The Hall–Kier alpha value is -0.443. The van der Waals surface area contributed by atoms with Gasteiger partial charge in [0.05, 0.1) is 19.3 Å². The highest BCUT2D eigenvalue weighted by molar-refractivity contribution is 6.08. The number of carboxylic acid groups (broad SMARTS) is 1. The molecule has 0 saturated carbocycles. The molecule has 0 aliphatic rings. The van der Waals surface area contributed by atoms with Gasteiger partial charge in [-0.3, -0.25) is 0 Å². The molecule has 0 N–H and O–H groups in total. The molecule has 0 atom stereocenters. The number of hydrogen-bond donors (Lipinski definition) is 0. The summed E-state index contributed by atoms with van der Waals surface area (Å²) >= 11 is 0. The first-order chi connectivity index (χ1) is 11.3. The van der Waals surface area contributed by atoms with Crippen molar-refractivity contribution in [2.45, 2.75) is 115 Å². The third-order valence-corrected chi connectivity index (χ3v) is 4.73. The van der Waals surface area contributed by atoms with Crippen LogP contribution in [0.2, 0.25) is 6.04 Å². The number of carbonyl (C=O) groups excluding carboxylic acids is 1. The van der Waals surface area contributed by atoms with E-state index in [2.05, 4.69) is 16.7 Å². The molecule has 0 rings (SSSR count). The lowest BCUT2D eigenvalue weighted by molar-refractivity contribution is -0.305. The summed E-state index contributed by atoms with van der Waals surface area (Å²) in [6, 6.07) is 1.14. The second-order valence-corrected chi connectivity index (χ2v) is 7.19. The van der Waals surface area contributed by atoms with Gasteiger partial charge in [0.15, 0.2) is 0 Å². The Labute approximate surface area is 148 Å². The van der Waals surface area contributed by atoms with Crippen LogP contribution >= 0.6 is 0 Å². The molecule has 3 radical (unpaired) electrons. The van der Waals surface area contributed by atoms with Crippen LogP contribution in [0.25, 0.3) is 0 Å². The zero-order chi connectivity index (χ0) is 17.0. The minimum absolute atomic E-state index is 0.231. The highest BCUT2D eigenvalue weighted by atomic mass is 28.1. The molecule has 0 spiro atoms. The van der Waals surface area contributed by atoms with Gasteiger partial charge >= 0.3 is 0 Å². The van der Waals surface area contributed by atoms with Gasteiger partial charge in [0.25, 0.3) is 0 Å². The normalized spacial score (nSPS) is 10.8. The molecular formula is C20H37O2Si. The summed E-state index contributed by atoms with van der Waals surface area (Å²) in [5.74, 6) is -0.905. The van der Waals surface area contributed by atoms with E-state index in [1.54, 1.807) is 0 Å². The van der Waals surface area contributed by atoms with Crippen LogP contribution in [0.5, 0.6) is 0 Å². The topological polar surface area (TPSA) is 40.1 Å². The first-order valence-corrected chi connectivity index (χ1v) is 10.6. The van der Waals surface area contributed by atoms with E-state index in [1.807, 2.05) is 0 Å². The Morgan fingerprint density at radius 1 is 0.652 bits per heavy atom. The van der Waals surface area contributed by atoms with Crippen LogP contribution < -0.4 is 5.11 Å². The molecular weight excluding hydrogens is 300 g/mol. The second-order valence-electron chi connectivity index (χ2n) is 6.69. The van der Waals surface area contributed by atoms with Crippen LogP contribution in [0, 0.1) is 6.42 Å². The van der Waals surface area contributed by atoms with Crippen molar-refractivity contribution in [2.24, 2.45) is 0 Å². The zero-order valence-electron chi connectivity index (χ0n) is 15.1. The van der Waals surface area contributed by atoms with E-state index in [4.69, 9.17) is 0 Å². The lowest BCUT2D eigenvalue weighted by Gasteiger charge is -2.03. The third kappa shape index (κ3) is 21.6. The number of carbonyl (C=O) groups is 1. The molecule has 3 heteroatoms. The number of aliphatic carboxylic acids is 1. The Bertz CT molecular complexity index is 244. The summed E-state index contributed by atoms with van der Waals surface area (Å²) in [7, 11) is 3.51. The molecule has 0 amide bonds. The van der Waals surface area contributed by atoms with Gasteiger partial charge in [-0.25, -0.2) is 0 Å². The fourth-order valence-electron chi connectivity index (χ4n) is 2.88. The molecule has 0 aromatic rings. The van der Waals surface area contributed by atoms with Crippen molar-refractivity contribution >= 4 is 16.2 Å². The molecule has 133 valence electrons. The van der Waals surface area contributed by atoms with E-state index in [9.17, 15) is 9.90 Å². The summed E-state index contributed by atoms with van der Waals surface area (Å²) in [6.07, 6.45) is 23.2. The third-order valence-electron chi connectivity index (χ3n) is 4.37. The highest BCUT2D eigenvalue weighted by Gasteiger charge is 1.99. The molecule has 0 saturated heterocycles. The first-order valence-electron chi connectivity index (χ1n) is 9.93. The fraction of sp³-hybridized carbons (Fsp3) is 0.900. The number of hydrogen-bond acceptors (Lipinski definition) is 2. The number of unbranched alkanes of at least 4 members (excludes halogenated alkanes) is 16. The lowest BCUT2D eigenvalue weighted by atomic mass is 10.0. The van der Waals surface area contributed by atoms with Crippen molar-refractivity contribution in [2.75, 3.05) is 0 Å². The van der Waals surface area contributed by atoms with E-state index in [0.717, 1.165) is 18.9 Å². The summed E-state index contributed by atoms with van der Waals surface area (Å²) in [4.78, 5) is 10.3. The minimum Gasteiger partial charge on any atom is -0.550 e. The van der Waals surface area contributed by atoms with Gasteiger partial charge in [-0.2, -0.15) is 0 Å². The summed E-state index contributed by atoms with van der Waals surface area (Å²) in [6.45, 7) is 0. The van der Waals surface area contributed by atoms with Crippen LogP contribution in [0.15, 0.2) is 0 Å². The molecule has 0 aliphatic heterocycles. The van der Waals surface area contributed by atoms with Crippen LogP contribution in [0.3, 0.4) is 0 Å². The predicted molar refractivity (Wildman–Crippen MR) is 98.4 cm³/mol. The minimum atomic E-state index is -0.905. The number of rotatable bonds is 19. The first kappa shape index (κ1) is 22.6. The van der Waals surface area contributed by atoms with Crippen LogP contribution in [-0.4, -0.2) is 16.2 Å². The van der Waals surface area contributed by atoms with E-state index < -0.39 is 5.97 Å². The Kier molecular flexibility index (Phi) is 19.2. The Balaban J connectivity index is 2.96. The smallest absolute Gasteiger partial charge is 0.0875 e. The molecule has 0 aromatic heterocycles. The average Bonchev–Trinajstić information content (AvgIpc) is 2.53. The average molecular weight is 338 g/mol. The standard InChI is InChI=1S/C20H37O2Si/c21-20(22)18-16-14-12-10-8-6-4-2-1-3-5-7-9-11-13-15-17-19-23/h11H,1-10,12-19H2. The highest BCUT2D eigenvalue weighted by Crippen LogP contribution is 2.14. The van der Waals surface area contributed by atoms with E-state index in [0.29, 0.717) is 0 Å². The van der Waals surface area contributed by atoms with Crippen LogP contribution in [0.4, 0.5) is 0 Å². The molecule has 0 aromatic carbocycles. The van der Waals surface area contributed by atoms with Crippen molar-refractivity contribution < 1.29 is 9.90 Å². The van der Waals surface area contributed by atoms with E-state index in [1.165, 1.54) is 89.9 Å². The SMILES string of the molecule is O=C([O-])CCCCCCCCCCCCCC[CH+]CCCC[Si]. The Morgan fingerprint density at radius 3 is 1.48 bits per heavy atom. The maximum atomic E-state index is 10.3. The van der Waals surface area contributed by atoms with Crippen LogP contribution in [-0.2, 0) is 4.79 Å². The van der Waals surface area contributed by atoms with Gasteiger partial charge in [0, 0.05) is 16.2 Å². The van der Waals surface area contributed by atoms with Gasteiger partial charge in [0.2, 0.25) is 0 Å². The maximum Gasteiger partial charge on any atom is 0.0875 e. The van der Waals surface area contributed by atoms with Gasteiger partial charge in [-0.15, -0.1) is 0 Å². The van der Waals surface area contributed by atoms with E-state index >= 15 is 0 Å². The van der Waals surface area contributed by atoms with Crippen molar-refractivity contribution in [3.05, 3.63) is 6.42 Å². The molecule has 0 unspecified atom stereocenters. The summed E-state index contributed by atoms with van der Waals surface area (Å²) in [5.41, 5.74) is 0. The molecule has 0 aliphatic carbocycles. The largest absolute Gasteiger partial charge is 0.550 e. The maximum absolute atomic E-state index is 10.3.